The third kappa shape index (κ3) is 3.60. The highest BCUT2D eigenvalue weighted by Gasteiger charge is 2.28. The Hall–Kier alpha value is -3.72. The number of nitrogens with zero attached hydrogens (tertiary/aromatic N) is 2. The monoisotopic (exact) mass is 448 g/mol. The van der Waals surface area contributed by atoms with Crippen LogP contribution in [0.25, 0.3) is 10.2 Å². The minimum absolute atomic E-state index is 0.237. The first-order valence-electron chi connectivity index (χ1n) is 10.2. The molecule has 2 N–H and O–H groups in total. The van der Waals surface area contributed by atoms with E-state index in [9.17, 15) is 9.59 Å². The molecular formula is C23H20N4O4S. The molecule has 0 spiro atoms. The van der Waals surface area contributed by atoms with Crippen molar-refractivity contribution >= 4 is 44.2 Å². The zero-order valence-electron chi connectivity index (χ0n) is 17.5. The number of aryl methyl sites for hydroxylation is 2. The van der Waals surface area contributed by atoms with Gasteiger partial charge in [0.05, 0.1) is 27.8 Å². The summed E-state index contributed by atoms with van der Waals surface area (Å²) >= 11 is 1.41. The number of hydrazone groups is 1. The van der Waals surface area contributed by atoms with Gasteiger partial charge in [-0.1, -0.05) is 23.5 Å². The molecule has 0 unspecified atom stereocenters. The lowest BCUT2D eigenvalue weighted by atomic mass is 9.93. The van der Waals surface area contributed by atoms with Crippen molar-refractivity contribution in [1.82, 2.24) is 10.4 Å². The molecule has 0 bridgehead atoms. The highest BCUT2D eigenvalue weighted by atomic mass is 32.1. The minimum atomic E-state index is -0.353. The first kappa shape index (κ1) is 20.2. The number of carbonyl (C=O) groups excluding carboxylic acids is 2. The van der Waals surface area contributed by atoms with Crippen molar-refractivity contribution in [3.63, 3.8) is 0 Å². The Bertz CT molecular complexity index is 1340. The van der Waals surface area contributed by atoms with Crippen molar-refractivity contribution in [2.75, 3.05) is 5.32 Å². The second-order valence-electron chi connectivity index (χ2n) is 7.54. The number of hydrogen-bond acceptors (Lipinski definition) is 7. The Morgan fingerprint density at radius 2 is 1.97 bits per heavy atom. The van der Waals surface area contributed by atoms with Crippen LogP contribution in [0.3, 0.4) is 0 Å². The molecule has 0 aliphatic heterocycles. The maximum absolute atomic E-state index is 12.9. The van der Waals surface area contributed by atoms with Crippen LogP contribution in [0.2, 0.25) is 0 Å². The SMILES string of the molecule is Cc1occc1C(=O)N/N=C1\CCCc2oc(C(=O)Nc3nc4ccccc4s3)c(C)c21. The van der Waals surface area contributed by atoms with Crippen LogP contribution in [-0.2, 0) is 6.42 Å². The fraction of sp³-hybridized carbons (Fsp3) is 0.217. The zero-order valence-corrected chi connectivity index (χ0v) is 18.3. The molecule has 0 saturated carbocycles. The number of aromatic nitrogens is 1. The smallest absolute Gasteiger partial charge is 0.293 e. The largest absolute Gasteiger partial charge is 0.469 e. The summed E-state index contributed by atoms with van der Waals surface area (Å²) < 4.78 is 12.1. The van der Waals surface area contributed by atoms with Gasteiger partial charge in [0.15, 0.2) is 10.9 Å². The molecule has 8 nitrogen and oxygen atoms in total. The van der Waals surface area contributed by atoms with Crippen LogP contribution < -0.4 is 10.7 Å². The lowest BCUT2D eigenvalue weighted by molar-refractivity contribution is 0.0952. The molecule has 4 aromatic rings. The molecule has 0 atom stereocenters. The molecule has 0 saturated heterocycles. The van der Waals surface area contributed by atoms with Gasteiger partial charge in [-0.3, -0.25) is 14.9 Å². The van der Waals surface area contributed by atoms with Gasteiger partial charge < -0.3 is 8.83 Å². The van der Waals surface area contributed by atoms with Crippen LogP contribution in [0.1, 0.15) is 56.4 Å². The molecule has 0 radical (unpaired) electrons. The molecular weight excluding hydrogens is 428 g/mol. The van der Waals surface area contributed by atoms with Crippen molar-refractivity contribution in [1.29, 1.82) is 0 Å². The summed E-state index contributed by atoms with van der Waals surface area (Å²) in [5, 5.41) is 7.70. The van der Waals surface area contributed by atoms with E-state index >= 15 is 0 Å². The van der Waals surface area contributed by atoms with E-state index < -0.39 is 0 Å². The summed E-state index contributed by atoms with van der Waals surface area (Å²) in [6, 6.07) is 9.31. The molecule has 32 heavy (non-hydrogen) atoms. The highest BCUT2D eigenvalue weighted by molar-refractivity contribution is 7.22. The Morgan fingerprint density at radius 1 is 1.12 bits per heavy atom. The summed E-state index contributed by atoms with van der Waals surface area (Å²) in [5.41, 5.74) is 6.05. The van der Waals surface area contributed by atoms with Gasteiger partial charge >= 0.3 is 0 Å². The average molecular weight is 449 g/mol. The fourth-order valence-electron chi connectivity index (χ4n) is 3.88. The molecule has 0 fully saturated rings. The van der Waals surface area contributed by atoms with Crippen LogP contribution in [0.4, 0.5) is 5.13 Å². The molecule has 1 aliphatic carbocycles. The first-order chi connectivity index (χ1) is 15.5. The third-order valence-corrected chi connectivity index (χ3v) is 6.39. The quantitative estimate of drug-likeness (QED) is 0.435. The number of nitrogens with one attached hydrogen (secondary N) is 2. The zero-order chi connectivity index (χ0) is 22.2. The molecule has 9 heteroatoms. The van der Waals surface area contributed by atoms with E-state index in [0.717, 1.165) is 22.2 Å². The standard InChI is InChI=1S/C23H20N4O4S/c1-12-19-16(26-27-21(28)14-10-11-30-13(14)2)7-5-8-17(19)31-20(12)22(29)25-23-24-15-6-3-4-9-18(15)32-23/h3-4,6,9-11H,5,7-8H2,1-2H3,(H,27,28)(H,24,25,29)/b26-16+. The van der Waals surface area contributed by atoms with Crippen molar-refractivity contribution in [3.05, 3.63) is 70.6 Å². The molecule has 162 valence electrons. The van der Waals surface area contributed by atoms with Gasteiger partial charge in [-0.15, -0.1) is 0 Å². The van der Waals surface area contributed by atoms with E-state index in [-0.39, 0.29) is 17.6 Å². The summed E-state index contributed by atoms with van der Waals surface area (Å²) in [5.74, 6) is 0.774. The summed E-state index contributed by atoms with van der Waals surface area (Å²) in [4.78, 5) is 29.8. The lowest BCUT2D eigenvalue weighted by Crippen LogP contribution is -2.22. The summed E-state index contributed by atoms with van der Waals surface area (Å²) in [6.07, 6.45) is 3.67. The molecule has 3 aromatic heterocycles. The van der Waals surface area contributed by atoms with Gasteiger partial charge in [0.25, 0.3) is 11.8 Å². The Labute approximate surface area is 187 Å². The number of para-hydroxylation sites is 1. The molecule has 3 heterocycles. The predicted octanol–water partition coefficient (Wildman–Crippen LogP) is 4.82. The number of benzene rings is 1. The van der Waals surface area contributed by atoms with Gasteiger partial charge in [-0.25, -0.2) is 10.4 Å². The number of furan rings is 2. The maximum Gasteiger partial charge on any atom is 0.293 e. The number of carbonyl (C=O) groups is 2. The lowest BCUT2D eigenvalue weighted by Gasteiger charge is -2.13. The number of rotatable bonds is 4. The van der Waals surface area contributed by atoms with Gasteiger partial charge in [-0.2, -0.15) is 5.10 Å². The highest BCUT2D eigenvalue weighted by Crippen LogP contribution is 2.31. The number of thiazole rings is 1. The van der Waals surface area contributed by atoms with E-state index in [2.05, 4.69) is 20.8 Å². The number of hydrogen-bond donors (Lipinski definition) is 2. The topological polar surface area (TPSA) is 110 Å². The number of anilines is 1. The maximum atomic E-state index is 12.9. The Balaban J connectivity index is 1.39. The van der Waals surface area contributed by atoms with E-state index in [1.54, 1.807) is 13.0 Å². The van der Waals surface area contributed by atoms with Crippen molar-refractivity contribution < 1.29 is 18.4 Å². The fourth-order valence-corrected chi connectivity index (χ4v) is 4.74. The van der Waals surface area contributed by atoms with Crippen LogP contribution in [0.15, 0.2) is 50.5 Å². The van der Waals surface area contributed by atoms with Crippen molar-refractivity contribution in [2.24, 2.45) is 5.10 Å². The summed E-state index contributed by atoms with van der Waals surface area (Å²) in [7, 11) is 0. The van der Waals surface area contributed by atoms with E-state index in [4.69, 9.17) is 8.83 Å². The van der Waals surface area contributed by atoms with Crippen molar-refractivity contribution in [2.45, 2.75) is 33.1 Å². The molecule has 2 amide bonds. The van der Waals surface area contributed by atoms with Gasteiger partial charge in [-0.05, 0) is 44.9 Å². The first-order valence-corrected chi connectivity index (χ1v) is 11.0. The van der Waals surface area contributed by atoms with E-state index in [1.165, 1.54) is 17.6 Å². The van der Waals surface area contributed by atoms with Gasteiger partial charge in [0, 0.05) is 17.5 Å². The Kier molecular flexibility index (Phi) is 5.10. The van der Waals surface area contributed by atoms with Crippen LogP contribution >= 0.6 is 11.3 Å². The number of amides is 2. The molecule has 1 aromatic carbocycles. The second-order valence-corrected chi connectivity index (χ2v) is 8.57. The predicted molar refractivity (Wildman–Crippen MR) is 121 cm³/mol. The van der Waals surface area contributed by atoms with Gasteiger partial charge in [0.2, 0.25) is 0 Å². The van der Waals surface area contributed by atoms with E-state index in [0.29, 0.717) is 46.3 Å². The molecule has 5 rings (SSSR count). The van der Waals surface area contributed by atoms with Crippen molar-refractivity contribution in [3.8, 4) is 0 Å². The van der Waals surface area contributed by atoms with Crippen LogP contribution in [0.5, 0.6) is 0 Å². The third-order valence-electron chi connectivity index (χ3n) is 5.44. The average Bonchev–Trinajstić information content (AvgIpc) is 3.48. The molecule has 1 aliphatic rings. The minimum Gasteiger partial charge on any atom is -0.469 e. The Morgan fingerprint density at radius 3 is 2.75 bits per heavy atom. The normalized spacial score (nSPS) is 14.5. The van der Waals surface area contributed by atoms with Crippen LogP contribution in [-0.4, -0.2) is 22.5 Å². The second kappa shape index (κ2) is 8.08. The summed E-state index contributed by atoms with van der Waals surface area (Å²) in [6.45, 7) is 3.55. The van der Waals surface area contributed by atoms with Gasteiger partial charge in [0.1, 0.15) is 11.5 Å². The van der Waals surface area contributed by atoms with Crippen LogP contribution in [0, 0.1) is 13.8 Å². The van der Waals surface area contributed by atoms with E-state index in [1.807, 2.05) is 31.2 Å². The number of fused-ring (bicyclic) bond motifs is 2.